The maximum atomic E-state index is 12.4. The lowest BCUT2D eigenvalue weighted by molar-refractivity contribution is -0.128. The molecule has 1 aliphatic carbocycles. The number of rotatable bonds is 5. The van der Waals surface area contributed by atoms with Gasteiger partial charge >= 0.3 is 5.97 Å². The summed E-state index contributed by atoms with van der Waals surface area (Å²) in [6, 6.07) is 15.0. The first-order chi connectivity index (χ1) is 14.1. The van der Waals surface area contributed by atoms with Crippen LogP contribution in [-0.2, 0) is 11.2 Å². The van der Waals surface area contributed by atoms with Crippen LogP contribution < -0.4 is 4.74 Å². The van der Waals surface area contributed by atoms with E-state index in [0.29, 0.717) is 29.1 Å². The molecule has 0 bridgehead atoms. The van der Waals surface area contributed by atoms with Gasteiger partial charge in [-0.05, 0) is 72.4 Å². The molecule has 4 nitrogen and oxygen atoms in total. The summed E-state index contributed by atoms with van der Waals surface area (Å²) in [4.78, 5) is 26.2. The van der Waals surface area contributed by atoms with E-state index in [1.54, 1.807) is 19.1 Å². The second-order valence-electron chi connectivity index (χ2n) is 8.14. The summed E-state index contributed by atoms with van der Waals surface area (Å²) < 4.78 is 5.61. The SMILES string of the molecule is C=CCc1cc(OC(=O)c2ccccc2)ccc1[C@@H]1CC[C@@H]2CN(C(C)=O)C[C@@H]21. The average molecular weight is 389 g/mol. The van der Waals surface area contributed by atoms with Crippen LogP contribution in [0.5, 0.6) is 5.75 Å². The van der Waals surface area contributed by atoms with Crippen LogP contribution in [0, 0.1) is 11.8 Å². The third-order valence-corrected chi connectivity index (χ3v) is 6.40. The molecule has 150 valence electrons. The van der Waals surface area contributed by atoms with Gasteiger partial charge in [0.05, 0.1) is 5.56 Å². The van der Waals surface area contributed by atoms with Gasteiger partial charge in [-0.25, -0.2) is 4.79 Å². The van der Waals surface area contributed by atoms with Crippen LogP contribution >= 0.6 is 0 Å². The molecule has 1 heterocycles. The van der Waals surface area contributed by atoms with Crippen LogP contribution in [0.4, 0.5) is 0 Å². The molecule has 3 atom stereocenters. The number of benzene rings is 2. The van der Waals surface area contributed by atoms with Crippen molar-refractivity contribution in [3.8, 4) is 5.75 Å². The summed E-state index contributed by atoms with van der Waals surface area (Å²) in [6.07, 6.45) is 4.94. The number of allylic oxidation sites excluding steroid dienone is 1. The summed E-state index contributed by atoms with van der Waals surface area (Å²) in [7, 11) is 0. The van der Waals surface area contributed by atoms with Crippen molar-refractivity contribution in [2.45, 2.75) is 32.1 Å². The van der Waals surface area contributed by atoms with E-state index in [0.717, 1.165) is 37.9 Å². The zero-order valence-corrected chi connectivity index (χ0v) is 16.8. The number of likely N-dealkylation sites (tertiary alicyclic amines) is 1. The van der Waals surface area contributed by atoms with E-state index in [9.17, 15) is 9.59 Å². The van der Waals surface area contributed by atoms with Crippen LogP contribution in [0.3, 0.4) is 0 Å². The monoisotopic (exact) mass is 389 g/mol. The molecule has 0 radical (unpaired) electrons. The minimum absolute atomic E-state index is 0.174. The van der Waals surface area contributed by atoms with Gasteiger partial charge in [0.25, 0.3) is 0 Å². The first-order valence-electron chi connectivity index (χ1n) is 10.3. The van der Waals surface area contributed by atoms with Crippen molar-refractivity contribution < 1.29 is 14.3 Å². The van der Waals surface area contributed by atoms with E-state index in [4.69, 9.17) is 4.74 Å². The smallest absolute Gasteiger partial charge is 0.343 e. The lowest BCUT2D eigenvalue weighted by Crippen LogP contribution is -2.27. The number of carbonyl (C=O) groups excluding carboxylic acids is 2. The Balaban J connectivity index is 1.56. The minimum atomic E-state index is -0.350. The topological polar surface area (TPSA) is 46.6 Å². The fraction of sp³-hybridized carbons (Fsp3) is 0.360. The van der Waals surface area contributed by atoms with Crippen LogP contribution in [0.15, 0.2) is 61.2 Å². The number of ether oxygens (including phenoxy) is 1. The average Bonchev–Trinajstić information content (AvgIpc) is 3.30. The molecule has 0 aromatic heterocycles. The molecule has 2 fully saturated rings. The Bertz CT molecular complexity index is 921. The Morgan fingerprint density at radius 3 is 2.66 bits per heavy atom. The van der Waals surface area contributed by atoms with Gasteiger partial charge < -0.3 is 9.64 Å². The van der Waals surface area contributed by atoms with Gasteiger partial charge in [-0.2, -0.15) is 0 Å². The van der Waals surface area contributed by atoms with E-state index in [1.165, 1.54) is 5.56 Å². The number of carbonyl (C=O) groups is 2. The van der Waals surface area contributed by atoms with Gasteiger partial charge in [0, 0.05) is 20.0 Å². The maximum absolute atomic E-state index is 12.4. The quantitative estimate of drug-likeness (QED) is 0.426. The van der Waals surface area contributed by atoms with Gasteiger partial charge in [-0.1, -0.05) is 30.3 Å². The first-order valence-corrected chi connectivity index (χ1v) is 10.3. The molecule has 1 saturated carbocycles. The fourth-order valence-electron chi connectivity index (χ4n) is 4.99. The molecule has 4 rings (SSSR count). The zero-order valence-electron chi connectivity index (χ0n) is 16.8. The second kappa shape index (κ2) is 8.24. The Morgan fingerprint density at radius 1 is 1.14 bits per heavy atom. The van der Waals surface area contributed by atoms with Crippen molar-refractivity contribution in [1.29, 1.82) is 0 Å². The summed E-state index contributed by atoms with van der Waals surface area (Å²) in [6.45, 7) is 7.30. The number of amides is 1. The number of nitrogens with zero attached hydrogens (tertiary/aromatic N) is 1. The molecule has 0 spiro atoms. The van der Waals surface area contributed by atoms with Gasteiger partial charge in [-0.3, -0.25) is 4.79 Å². The van der Waals surface area contributed by atoms with Gasteiger partial charge in [-0.15, -0.1) is 6.58 Å². The van der Waals surface area contributed by atoms with Gasteiger partial charge in [0.2, 0.25) is 5.91 Å². The molecule has 1 amide bonds. The molecule has 0 unspecified atom stereocenters. The van der Waals surface area contributed by atoms with E-state index < -0.39 is 0 Å². The van der Waals surface area contributed by atoms with Crippen molar-refractivity contribution in [3.63, 3.8) is 0 Å². The second-order valence-corrected chi connectivity index (χ2v) is 8.14. The molecule has 29 heavy (non-hydrogen) atoms. The predicted octanol–water partition coefficient (Wildman–Crippen LogP) is 4.61. The largest absolute Gasteiger partial charge is 0.423 e. The molecule has 2 aromatic carbocycles. The van der Waals surface area contributed by atoms with Crippen molar-refractivity contribution in [3.05, 3.63) is 77.9 Å². The number of fused-ring (bicyclic) bond motifs is 1. The van der Waals surface area contributed by atoms with Crippen LogP contribution in [0.2, 0.25) is 0 Å². The normalized spacial score (nSPS) is 22.9. The molecular weight excluding hydrogens is 362 g/mol. The van der Waals surface area contributed by atoms with Gasteiger partial charge in [0.1, 0.15) is 5.75 Å². The Hall–Kier alpha value is -2.88. The summed E-state index contributed by atoms with van der Waals surface area (Å²) in [5.74, 6) is 1.93. The molecule has 2 aliphatic rings. The number of hydrogen-bond donors (Lipinski definition) is 0. The standard InChI is InChI=1S/C25H27NO3/c1-3-7-19-14-21(29-25(28)18-8-5-4-6-9-18)11-13-22(19)23-12-10-20-15-26(17(2)27)16-24(20)23/h3-6,8-9,11,13-14,20,23-24H,1,7,10,12,15-16H2,2H3/t20-,23+,24+/m1/s1. The molecular formula is C25H27NO3. The van der Waals surface area contributed by atoms with Crippen molar-refractivity contribution in [2.75, 3.05) is 13.1 Å². The minimum Gasteiger partial charge on any atom is -0.423 e. The summed E-state index contributed by atoms with van der Waals surface area (Å²) >= 11 is 0. The zero-order chi connectivity index (χ0) is 20.4. The highest BCUT2D eigenvalue weighted by Gasteiger charge is 2.44. The third-order valence-electron chi connectivity index (χ3n) is 6.40. The third kappa shape index (κ3) is 3.98. The molecule has 4 heteroatoms. The summed E-state index contributed by atoms with van der Waals surface area (Å²) in [5, 5.41) is 0. The van der Waals surface area contributed by atoms with Crippen LogP contribution in [0.25, 0.3) is 0 Å². The molecule has 1 aliphatic heterocycles. The Morgan fingerprint density at radius 2 is 1.93 bits per heavy atom. The fourth-order valence-corrected chi connectivity index (χ4v) is 4.99. The van der Waals surface area contributed by atoms with E-state index in [-0.39, 0.29) is 11.9 Å². The summed E-state index contributed by atoms with van der Waals surface area (Å²) in [5.41, 5.74) is 3.00. The molecule has 0 N–H and O–H groups in total. The molecule has 1 saturated heterocycles. The van der Waals surface area contributed by atoms with Crippen molar-refractivity contribution in [2.24, 2.45) is 11.8 Å². The Labute approximate surface area is 172 Å². The van der Waals surface area contributed by atoms with Gasteiger partial charge in [0.15, 0.2) is 0 Å². The van der Waals surface area contributed by atoms with Crippen molar-refractivity contribution >= 4 is 11.9 Å². The Kier molecular flexibility index (Phi) is 5.52. The van der Waals surface area contributed by atoms with E-state index in [1.807, 2.05) is 41.3 Å². The number of esters is 1. The van der Waals surface area contributed by atoms with E-state index >= 15 is 0 Å². The maximum Gasteiger partial charge on any atom is 0.343 e. The lowest BCUT2D eigenvalue weighted by Gasteiger charge is -2.23. The highest BCUT2D eigenvalue weighted by Crippen LogP contribution is 2.48. The van der Waals surface area contributed by atoms with Crippen molar-refractivity contribution in [1.82, 2.24) is 4.90 Å². The number of hydrogen-bond acceptors (Lipinski definition) is 3. The van der Waals surface area contributed by atoms with Crippen LogP contribution in [0.1, 0.15) is 47.2 Å². The highest BCUT2D eigenvalue weighted by atomic mass is 16.5. The first kappa shape index (κ1) is 19.4. The lowest BCUT2D eigenvalue weighted by atomic mass is 9.83. The highest BCUT2D eigenvalue weighted by molar-refractivity contribution is 5.91. The van der Waals surface area contributed by atoms with Crippen LogP contribution in [-0.4, -0.2) is 29.9 Å². The predicted molar refractivity (Wildman–Crippen MR) is 113 cm³/mol. The van der Waals surface area contributed by atoms with E-state index in [2.05, 4.69) is 12.6 Å². The molecule has 2 aromatic rings.